The molecule has 1 aromatic heterocycles. The highest BCUT2D eigenvalue weighted by molar-refractivity contribution is 5.92. The number of rotatable bonds is 5. The minimum atomic E-state index is -0.0596. The molecule has 0 spiro atoms. The summed E-state index contributed by atoms with van der Waals surface area (Å²) in [5, 5.41) is 7.93. The highest BCUT2D eigenvalue weighted by atomic mass is 16.5. The fourth-order valence-corrected chi connectivity index (χ4v) is 2.08. The lowest BCUT2D eigenvalue weighted by molar-refractivity contribution is 0.0719. The summed E-state index contributed by atoms with van der Waals surface area (Å²) in [4.78, 5) is 16.0. The molecule has 19 heavy (non-hydrogen) atoms. The summed E-state index contributed by atoms with van der Waals surface area (Å²) in [7, 11) is 5.67. The van der Waals surface area contributed by atoms with E-state index in [9.17, 15) is 4.79 Å². The third-order valence-corrected chi connectivity index (χ3v) is 3.30. The largest absolute Gasteiger partial charge is 0.380 e. The van der Waals surface area contributed by atoms with Crippen molar-refractivity contribution in [1.29, 1.82) is 0 Å². The fraction of sp³-hybridized carbons (Fsp3) is 0.750. The third-order valence-electron chi connectivity index (χ3n) is 3.30. The van der Waals surface area contributed by atoms with Crippen LogP contribution in [0.1, 0.15) is 16.9 Å². The zero-order chi connectivity index (χ0) is 13.8. The molecule has 1 saturated heterocycles. The van der Waals surface area contributed by atoms with Crippen molar-refractivity contribution in [2.45, 2.75) is 19.1 Å². The van der Waals surface area contributed by atoms with Gasteiger partial charge in [-0.05, 0) is 20.5 Å². The summed E-state index contributed by atoms with van der Waals surface area (Å²) in [6.07, 6.45) is 2.75. The number of methoxy groups -OCH3 is 1. The Morgan fingerprint density at radius 1 is 1.58 bits per heavy atom. The van der Waals surface area contributed by atoms with Crippen molar-refractivity contribution < 1.29 is 9.53 Å². The van der Waals surface area contributed by atoms with E-state index < -0.39 is 0 Å². The fourth-order valence-electron chi connectivity index (χ4n) is 2.08. The zero-order valence-electron chi connectivity index (χ0n) is 11.7. The molecule has 0 radical (unpaired) electrons. The Hall–Kier alpha value is -1.47. The molecular formula is C12H21N5O2. The van der Waals surface area contributed by atoms with Crippen LogP contribution in [0.15, 0.2) is 6.20 Å². The minimum Gasteiger partial charge on any atom is -0.380 e. The van der Waals surface area contributed by atoms with Crippen molar-refractivity contribution in [2.75, 3.05) is 40.8 Å². The van der Waals surface area contributed by atoms with Gasteiger partial charge in [0.1, 0.15) is 0 Å². The lowest BCUT2D eigenvalue weighted by atomic mass is 10.3. The predicted octanol–water partition coefficient (Wildman–Crippen LogP) is -0.299. The normalized spacial score (nSPS) is 19.4. The van der Waals surface area contributed by atoms with Crippen LogP contribution in [0.3, 0.4) is 0 Å². The standard InChI is InChI=1S/C12H21N5O2/c1-15(2)6-7-17-9-11(13-14-17)12(18)16-5-4-10(8-16)19-3/h9-10H,4-8H2,1-3H3. The van der Waals surface area contributed by atoms with Crippen LogP contribution in [-0.4, -0.2) is 77.6 Å². The van der Waals surface area contributed by atoms with Crippen molar-refractivity contribution in [3.05, 3.63) is 11.9 Å². The van der Waals surface area contributed by atoms with E-state index in [-0.39, 0.29) is 12.0 Å². The van der Waals surface area contributed by atoms with Crippen LogP contribution in [-0.2, 0) is 11.3 Å². The molecule has 1 fully saturated rings. The summed E-state index contributed by atoms with van der Waals surface area (Å²) < 4.78 is 6.96. The van der Waals surface area contributed by atoms with Gasteiger partial charge in [0.2, 0.25) is 0 Å². The average molecular weight is 267 g/mol. The van der Waals surface area contributed by atoms with E-state index in [1.165, 1.54) is 0 Å². The van der Waals surface area contributed by atoms with Gasteiger partial charge in [-0.2, -0.15) is 0 Å². The van der Waals surface area contributed by atoms with Gasteiger partial charge >= 0.3 is 0 Å². The molecule has 0 aliphatic carbocycles. The molecule has 0 aromatic carbocycles. The van der Waals surface area contributed by atoms with Gasteiger partial charge < -0.3 is 14.5 Å². The van der Waals surface area contributed by atoms with Gasteiger partial charge in [0, 0.05) is 26.7 Å². The molecule has 1 aromatic rings. The van der Waals surface area contributed by atoms with E-state index in [2.05, 4.69) is 15.2 Å². The van der Waals surface area contributed by atoms with Crippen LogP contribution < -0.4 is 0 Å². The maximum atomic E-state index is 12.2. The number of likely N-dealkylation sites (N-methyl/N-ethyl adjacent to an activating group) is 1. The van der Waals surface area contributed by atoms with Crippen molar-refractivity contribution in [2.24, 2.45) is 0 Å². The summed E-state index contributed by atoms with van der Waals surface area (Å²) in [6.45, 7) is 2.96. The van der Waals surface area contributed by atoms with Crippen molar-refractivity contribution in [3.63, 3.8) is 0 Å². The van der Waals surface area contributed by atoms with E-state index in [1.54, 1.807) is 22.9 Å². The second kappa shape index (κ2) is 6.12. The zero-order valence-corrected chi connectivity index (χ0v) is 11.7. The summed E-state index contributed by atoms with van der Waals surface area (Å²) >= 11 is 0. The van der Waals surface area contributed by atoms with Gasteiger partial charge in [-0.25, -0.2) is 0 Å². The van der Waals surface area contributed by atoms with Crippen LogP contribution in [0, 0.1) is 0 Å². The van der Waals surface area contributed by atoms with Crippen molar-refractivity contribution >= 4 is 5.91 Å². The molecule has 106 valence electrons. The van der Waals surface area contributed by atoms with Crippen LogP contribution in [0.4, 0.5) is 0 Å². The molecule has 7 heteroatoms. The van der Waals surface area contributed by atoms with E-state index in [1.807, 2.05) is 14.1 Å². The molecule has 2 heterocycles. The van der Waals surface area contributed by atoms with Gasteiger partial charge in [0.25, 0.3) is 5.91 Å². The molecule has 0 bridgehead atoms. The molecule has 0 saturated carbocycles. The molecule has 0 N–H and O–H groups in total. The maximum absolute atomic E-state index is 12.2. The first-order valence-electron chi connectivity index (χ1n) is 6.47. The molecular weight excluding hydrogens is 246 g/mol. The quantitative estimate of drug-likeness (QED) is 0.733. The maximum Gasteiger partial charge on any atom is 0.276 e. The Bertz CT molecular complexity index is 432. The van der Waals surface area contributed by atoms with Crippen LogP contribution in [0.2, 0.25) is 0 Å². The van der Waals surface area contributed by atoms with Gasteiger partial charge in [-0.3, -0.25) is 9.48 Å². The third kappa shape index (κ3) is 3.51. The van der Waals surface area contributed by atoms with E-state index in [4.69, 9.17) is 4.74 Å². The van der Waals surface area contributed by atoms with Gasteiger partial charge in [0.05, 0.1) is 18.8 Å². The first-order valence-corrected chi connectivity index (χ1v) is 6.47. The van der Waals surface area contributed by atoms with E-state index in [0.29, 0.717) is 12.2 Å². The predicted molar refractivity (Wildman–Crippen MR) is 69.9 cm³/mol. The Balaban J connectivity index is 1.93. The number of aromatic nitrogens is 3. The number of hydrogen-bond acceptors (Lipinski definition) is 5. The molecule has 1 unspecified atom stereocenters. The molecule has 1 amide bonds. The highest BCUT2D eigenvalue weighted by Gasteiger charge is 2.28. The second-order valence-corrected chi connectivity index (χ2v) is 5.07. The Morgan fingerprint density at radius 2 is 2.37 bits per heavy atom. The summed E-state index contributed by atoms with van der Waals surface area (Å²) in [6, 6.07) is 0. The number of amides is 1. The van der Waals surface area contributed by atoms with E-state index in [0.717, 1.165) is 26.1 Å². The Morgan fingerprint density at radius 3 is 3.00 bits per heavy atom. The van der Waals surface area contributed by atoms with Crippen LogP contribution in [0.25, 0.3) is 0 Å². The number of nitrogens with zero attached hydrogens (tertiary/aromatic N) is 5. The number of carbonyl (C=O) groups is 1. The van der Waals surface area contributed by atoms with Crippen molar-refractivity contribution in [1.82, 2.24) is 24.8 Å². The topological polar surface area (TPSA) is 63.5 Å². The first-order chi connectivity index (χ1) is 9.10. The average Bonchev–Trinajstić information content (AvgIpc) is 3.04. The summed E-state index contributed by atoms with van der Waals surface area (Å²) in [5.74, 6) is -0.0596. The molecule has 2 rings (SSSR count). The van der Waals surface area contributed by atoms with Crippen molar-refractivity contribution in [3.8, 4) is 0 Å². The molecule has 7 nitrogen and oxygen atoms in total. The smallest absolute Gasteiger partial charge is 0.276 e. The Labute approximate surface area is 113 Å². The molecule has 1 aliphatic heterocycles. The lowest BCUT2D eigenvalue weighted by Crippen LogP contribution is -2.30. The monoisotopic (exact) mass is 267 g/mol. The lowest BCUT2D eigenvalue weighted by Gasteiger charge is -2.14. The second-order valence-electron chi connectivity index (χ2n) is 5.07. The number of hydrogen-bond donors (Lipinski definition) is 0. The number of ether oxygens (including phenoxy) is 1. The van der Waals surface area contributed by atoms with Crippen LogP contribution >= 0.6 is 0 Å². The molecule has 1 aliphatic rings. The van der Waals surface area contributed by atoms with E-state index >= 15 is 0 Å². The Kier molecular flexibility index (Phi) is 4.49. The molecule has 1 atom stereocenters. The highest BCUT2D eigenvalue weighted by Crippen LogP contribution is 2.14. The van der Waals surface area contributed by atoms with Gasteiger partial charge in [0.15, 0.2) is 5.69 Å². The SMILES string of the molecule is COC1CCN(C(=O)c2cn(CCN(C)C)nn2)C1. The number of likely N-dealkylation sites (tertiary alicyclic amines) is 1. The van der Waals surface area contributed by atoms with Gasteiger partial charge in [-0.15, -0.1) is 5.10 Å². The minimum absolute atomic E-state index is 0.0596. The van der Waals surface area contributed by atoms with Crippen LogP contribution in [0.5, 0.6) is 0 Å². The number of carbonyl (C=O) groups excluding carboxylic acids is 1. The summed E-state index contributed by atoms with van der Waals surface area (Å²) in [5.41, 5.74) is 0.413. The van der Waals surface area contributed by atoms with Gasteiger partial charge in [-0.1, -0.05) is 5.21 Å². The first kappa shape index (κ1) is 14.0.